The van der Waals surface area contributed by atoms with Crippen molar-refractivity contribution in [2.75, 3.05) is 13.2 Å². The molecule has 0 bridgehead atoms. The summed E-state index contributed by atoms with van der Waals surface area (Å²) < 4.78 is 5.77. The number of hydrogen-bond donors (Lipinski definition) is 1. The maximum absolute atomic E-state index is 12.3. The molecule has 0 aliphatic rings. The summed E-state index contributed by atoms with van der Waals surface area (Å²) in [5.74, 6) is 0.778. The molecule has 0 atom stereocenters. The number of amides is 1. The molecule has 132 valence electrons. The van der Waals surface area contributed by atoms with Crippen molar-refractivity contribution in [3.63, 3.8) is 0 Å². The maximum Gasteiger partial charge on any atom is 0.251 e. The number of nitrogens with one attached hydrogen (secondary N) is 1. The number of benzene rings is 3. The predicted octanol–water partition coefficient (Wildman–Crippen LogP) is 4.78. The summed E-state index contributed by atoms with van der Waals surface area (Å²) in [6, 6.07) is 23.7. The minimum absolute atomic E-state index is 0.0887. The minimum atomic E-state index is -0.0887. The van der Waals surface area contributed by atoms with Crippen LogP contribution in [0.1, 0.15) is 21.5 Å². The normalized spacial score (nSPS) is 10.4. The monoisotopic (exact) mass is 345 g/mol. The molecule has 0 aliphatic heterocycles. The molecule has 1 amide bonds. The fourth-order valence-corrected chi connectivity index (χ4v) is 2.75. The van der Waals surface area contributed by atoms with Gasteiger partial charge in [-0.2, -0.15) is 0 Å². The van der Waals surface area contributed by atoms with Crippen LogP contribution in [0.2, 0.25) is 0 Å². The molecule has 3 rings (SSSR count). The van der Waals surface area contributed by atoms with Gasteiger partial charge in [0.25, 0.3) is 5.91 Å². The second-order valence-electron chi connectivity index (χ2n) is 6.25. The lowest BCUT2D eigenvalue weighted by Crippen LogP contribution is -2.28. The highest BCUT2D eigenvalue weighted by Gasteiger charge is 2.06. The maximum atomic E-state index is 12.3. The third kappa shape index (κ3) is 4.31. The van der Waals surface area contributed by atoms with E-state index >= 15 is 0 Å². The molecule has 26 heavy (non-hydrogen) atoms. The van der Waals surface area contributed by atoms with Crippen molar-refractivity contribution in [3.05, 3.63) is 89.5 Å². The molecule has 3 heteroatoms. The van der Waals surface area contributed by atoms with E-state index in [4.69, 9.17) is 4.74 Å². The SMILES string of the molecule is Cc1cccc(OCCNC(=O)c2ccc(-c3ccccc3)cc2)c1C. The highest BCUT2D eigenvalue weighted by atomic mass is 16.5. The summed E-state index contributed by atoms with van der Waals surface area (Å²) in [5.41, 5.74) is 5.22. The first-order valence-corrected chi connectivity index (χ1v) is 8.78. The molecule has 0 aromatic heterocycles. The van der Waals surface area contributed by atoms with Crippen LogP contribution in [-0.4, -0.2) is 19.1 Å². The van der Waals surface area contributed by atoms with Gasteiger partial charge in [0.2, 0.25) is 0 Å². The van der Waals surface area contributed by atoms with Crippen LogP contribution in [-0.2, 0) is 0 Å². The van der Waals surface area contributed by atoms with Crippen LogP contribution < -0.4 is 10.1 Å². The van der Waals surface area contributed by atoms with Gasteiger partial charge in [-0.1, -0.05) is 54.6 Å². The molecular formula is C23H23NO2. The average Bonchev–Trinajstić information content (AvgIpc) is 2.69. The Morgan fingerprint density at radius 3 is 2.27 bits per heavy atom. The second kappa shape index (κ2) is 8.34. The van der Waals surface area contributed by atoms with Crippen LogP contribution >= 0.6 is 0 Å². The zero-order chi connectivity index (χ0) is 18.4. The summed E-state index contributed by atoms with van der Waals surface area (Å²) in [7, 11) is 0. The first-order chi connectivity index (χ1) is 12.6. The Morgan fingerprint density at radius 1 is 0.846 bits per heavy atom. The summed E-state index contributed by atoms with van der Waals surface area (Å²) in [5, 5.41) is 2.90. The van der Waals surface area contributed by atoms with E-state index in [9.17, 15) is 4.79 Å². The number of aryl methyl sites for hydroxylation is 1. The van der Waals surface area contributed by atoms with E-state index in [0.29, 0.717) is 18.7 Å². The van der Waals surface area contributed by atoms with Crippen LogP contribution in [0.25, 0.3) is 11.1 Å². The highest BCUT2D eigenvalue weighted by Crippen LogP contribution is 2.20. The zero-order valence-corrected chi connectivity index (χ0v) is 15.2. The molecule has 3 aromatic rings. The lowest BCUT2D eigenvalue weighted by Gasteiger charge is -2.11. The fraction of sp³-hybridized carbons (Fsp3) is 0.174. The summed E-state index contributed by atoms with van der Waals surface area (Å²) in [6.45, 7) is 5.01. The molecule has 1 N–H and O–H groups in total. The van der Waals surface area contributed by atoms with Crippen molar-refractivity contribution in [3.8, 4) is 16.9 Å². The molecule has 0 saturated carbocycles. The van der Waals surface area contributed by atoms with Crippen LogP contribution in [0.5, 0.6) is 5.75 Å². The average molecular weight is 345 g/mol. The molecule has 0 fully saturated rings. The zero-order valence-electron chi connectivity index (χ0n) is 15.2. The minimum Gasteiger partial charge on any atom is -0.491 e. The molecule has 3 aromatic carbocycles. The second-order valence-corrected chi connectivity index (χ2v) is 6.25. The van der Waals surface area contributed by atoms with Crippen LogP contribution in [0.15, 0.2) is 72.8 Å². The Hall–Kier alpha value is -3.07. The first kappa shape index (κ1) is 17.7. The Labute approximate surface area is 154 Å². The smallest absolute Gasteiger partial charge is 0.251 e. The van der Waals surface area contributed by atoms with Gasteiger partial charge in [0.05, 0.1) is 6.54 Å². The first-order valence-electron chi connectivity index (χ1n) is 8.78. The topological polar surface area (TPSA) is 38.3 Å². The summed E-state index contributed by atoms with van der Waals surface area (Å²) in [4.78, 5) is 12.3. The van der Waals surface area contributed by atoms with Gasteiger partial charge in [-0.3, -0.25) is 4.79 Å². The molecule has 0 unspecified atom stereocenters. The van der Waals surface area contributed by atoms with Crippen LogP contribution in [0.3, 0.4) is 0 Å². The van der Waals surface area contributed by atoms with Crippen molar-refractivity contribution in [2.24, 2.45) is 0 Å². The van der Waals surface area contributed by atoms with Crippen molar-refractivity contribution < 1.29 is 9.53 Å². The van der Waals surface area contributed by atoms with Gasteiger partial charge in [0.15, 0.2) is 0 Å². The molecule has 0 saturated heterocycles. The van der Waals surface area contributed by atoms with Gasteiger partial charge < -0.3 is 10.1 Å². The van der Waals surface area contributed by atoms with E-state index < -0.39 is 0 Å². The fourth-order valence-electron chi connectivity index (χ4n) is 2.75. The lowest BCUT2D eigenvalue weighted by atomic mass is 10.0. The summed E-state index contributed by atoms with van der Waals surface area (Å²) in [6.07, 6.45) is 0. The molecule has 0 spiro atoms. The van der Waals surface area contributed by atoms with Gasteiger partial charge in [0.1, 0.15) is 12.4 Å². The van der Waals surface area contributed by atoms with Crippen LogP contribution in [0.4, 0.5) is 0 Å². The number of ether oxygens (including phenoxy) is 1. The number of rotatable bonds is 6. The molecule has 0 radical (unpaired) electrons. The van der Waals surface area contributed by atoms with Gasteiger partial charge in [-0.15, -0.1) is 0 Å². The number of carbonyl (C=O) groups is 1. The summed E-state index contributed by atoms with van der Waals surface area (Å²) >= 11 is 0. The van der Waals surface area contributed by atoms with E-state index in [2.05, 4.69) is 30.4 Å². The Balaban J connectivity index is 1.51. The van der Waals surface area contributed by atoms with E-state index in [1.165, 1.54) is 5.56 Å². The van der Waals surface area contributed by atoms with E-state index in [0.717, 1.165) is 22.4 Å². The van der Waals surface area contributed by atoms with Crippen molar-refractivity contribution >= 4 is 5.91 Å². The van der Waals surface area contributed by atoms with E-state index in [1.807, 2.05) is 61.5 Å². The molecule has 0 aliphatic carbocycles. The Morgan fingerprint density at radius 2 is 1.54 bits per heavy atom. The van der Waals surface area contributed by atoms with E-state index in [1.54, 1.807) is 0 Å². The Kier molecular flexibility index (Phi) is 5.69. The van der Waals surface area contributed by atoms with Crippen molar-refractivity contribution in [1.82, 2.24) is 5.32 Å². The number of carbonyl (C=O) groups excluding carboxylic acids is 1. The van der Waals surface area contributed by atoms with Gasteiger partial charge in [-0.05, 0) is 54.3 Å². The highest BCUT2D eigenvalue weighted by molar-refractivity contribution is 5.94. The number of hydrogen-bond acceptors (Lipinski definition) is 2. The lowest BCUT2D eigenvalue weighted by molar-refractivity contribution is 0.0947. The largest absolute Gasteiger partial charge is 0.491 e. The van der Waals surface area contributed by atoms with Gasteiger partial charge in [-0.25, -0.2) is 0 Å². The third-order valence-corrected chi connectivity index (χ3v) is 4.45. The molecule has 0 heterocycles. The van der Waals surface area contributed by atoms with E-state index in [-0.39, 0.29) is 5.91 Å². The standard InChI is InChI=1S/C23H23NO2/c1-17-7-6-10-22(18(17)2)26-16-15-24-23(25)21-13-11-20(12-14-21)19-8-4-3-5-9-19/h3-14H,15-16H2,1-2H3,(H,24,25). The quantitative estimate of drug-likeness (QED) is 0.653. The molecule has 3 nitrogen and oxygen atoms in total. The predicted molar refractivity (Wildman–Crippen MR) is 106 cm³/mol. The third-order valence-electron chi connectivity index (χ3n) is 4.45. The van der Waals surface area contributed by atoms with Gasteiger partial charge >= 0.3 is 0 Å². The Bertz CT molecular complexity index is 870. The van der Waals surface area contributed by atoms with Crippen LogP contribution in [0, 0.1) is 13.8 Å². The van der Waals surface area contributed by atoms with Gasteiger partial charge in [0, 0.05) is 5.56 Å². The van der Waals surface area contributed by atoms with Crippen molar-refractivity contribution in [1.29, 1.82) is 0 Å². The van der Waals surface area contributed by atoms with Crippen molar-refractivity contribution in [2.45, 2.75) is 13.8 Å². The molecular weight excluding hydrogens is 322 g/mol.